The quantitative estimate of drug-likeness (QED) is 0.463. The van der Waals surface area contributed by atoms with Crippen molar-refractivity contribution in [1.82, 2.24) is 10.3 Å². The van der Waals surface area contributed by atoms with Crippen LogP contribution in [0.25, 0.3) is 10.6 Å². The highest BCUT2D eigenvalue weighted by atomic mass is 32.2. The molecular weight excluding hydrogens is 423 g/mol. The first kappa shape index (κ1) is 22.1. The van der Waals surface area contributed by atoms with Gasteiger partial charge in [-0.25, -0.2) is 9.37 Å². The van der Waals surface area contributed by atoms with Gasteiger partial charge in [-0.05, 0) is 29.8 Å². The van der Waals surface area contributed by atoms with Crippen LogP contribution in [-0.2, 0) is 17.0 Å². The molecule has 2 aromatic carbocycles. The van der Waals surface area contributed by atoms with E-state index in [1.807, 2.05) is 29.6 Å². The average Bonchev–Trinajstić information content (AvgIpc) is 3.22. The normalized spacial score (nSPS) is 10.6. The number of aromatic nitrogens is 1. The zero-order valence-corrected chi connectivity index (χ0v) is 18.4. The largest absolute Gasteiger partial charge is 0.493 e. The van der Waals surface area contributed by atoms with Crippen molar-refractivity contribution in [3.63, 3.8) is 0 Å². The van der Waals surface area contributed by atoms with Crippen molar-refractivity contribution in [3.05, 3.63) is 64.9 Å². The first-order valence-corrected chi connectivity index (χ1v) is 11.4. The topological polar surface area (TPSA) is 60.5 Å². The molecule has 3 aromatic rings. The minimum atomic E-state index is -0.192. The van der Waals surface area contributed by atoms with E-state index in [9.17, 15) is 9.18 Å². The van der Waals surface area contributed by atoms with E-state index in [0.29, 0.717) is 35.1 Å². The van der Waals surface area contributed by atoms with E-state index in [1.54, 1.807) is 38.1 Å². The summed E-state index contributed by atoms with van der Waals surface area (Å²) in [6, 6.07) is 12.4. The van der Waals surface area contributed by atoms with Crippen LogP contribution < -0.4 is 14.8 Å². The Labute approximate surface area is 183 Å². The predicted molar refractivity (Wildman–Crippen MR) is 120 cm³/mol. The SMILES string of the molecule is COc1ccc(-c2nc(CC(=O)NCCSCc3ccccc3F)cs2)cc1OC. The molecule has 8 heteroatoms. The molecule has 1 N–H and O–H groups in total. The third kappa shape index (κ3) is 5.96. The molecule has 1 aromatic heterocycles. The monoisotopic (exact) mass is 446 g/mol. The zero-order valence-electron chi connectivity index (χ0n) is 16.8. The lowest BCUT2D eigenvalue weighted by molar-refractivity contribution is -0.120. The number of nitrogens with one attached hydrogen (secondary N) is 1. The molecule has 0 aliphatic carbocycles. The smallest absolute Gasteiger partial charge is 0.226 e. The van der Waals surface area contributed by atoms with Gasteiger partial charge in [-0.3, -0.25) is 4.79 Å². The minimum Gasteiger partial charge on any atom is -0.493 e. The van der Waals surface area contributed by atoms with Crippen LogP contribution >= 0.6 is 23.1 Å². The third-order valence-electron chi connectivity index (χ3n) is 4.31. The molecule has 30 heavy (non-hydrogen) atoms. The van der Waals surface area contributed by atoms with Gasteiger partial charge in [0.2, 0.25) is 5.91 Å². The second-order valence-corrected chi connectivity index (χ2v) is 8.35. The summed E-state index contributed by atoms with van der Waals surface area (Å²) in [5.41, 5.74) is 2.31. The molecule has 0 aliphatic rings. The number of amides is 1. The number of thiazole rings is 1. The van der Waals surface area contributed by atoms with Crippen molar-refractivity contribution in [3.8, 4) is 22.1 Å². The summed E-state index contributed by atoms with van der Waals surface area (Å²) >= 11 is 3.07. The minimum absolute atomic E-state index is 0.0781. The van der Waals surface area contributed by atoms with E-state index in [1.165, 1.54) is 17.4 Å². The van der Waals surface area contributed by atoms with Gasteiger partial charge in [0.05, 0.1) is 26.3 Å². The summed E-state index contributed by atoms with van der Waals surface area (Å²) in [6.07, 6.45) is 0.224. The van der Waals surface area contributed by atoms with Crippen molar-refractivity contribution >= 4 is 29.0 Å². The van der Waals surface area contributed by atoms with Crippen LogP contribution in [0.1, 0.15) is 11.3 Å². The number of methoxy groups -OCH3 is 2. The van der Waals surface area contributed by atoms with Gasteiger partial charge in [0, 0.05) is 29.0 Å². The predicted octanol–water partition coefficient (Wildman–Crippen LogP) is 4.56. The van der Waals surface area contributed by atoms with Gasteiger partial charge in [-0.2, -0.15) is 11.8 Å². The van der Waals surface area contributed by atoms with Gasteiger partial charge >= 0.3 is 0 Å². The lowest BCUT2D eigenvalue weighted by Crippen LogP contribution is -2.27. The first-order chi connectivity index (χ1) is 14.6. The number of thioether (sulfide) groups is 1. The lowest BCUT2D eigenvalue weighted by atomic mass is 10.2. The summed E-state index contributed by atoms with van der Waals surface area (Å²) < 4.78 is 24.2. The highest BCUT2D eigenvalue weighted by Gasteiger charge is 2.11. The molecular formula is C22H23FN2O3S2. The molecule has 0 fully saturated rings. The Kier molecular flexibility index (Phi) is 8.10. The van der Waals surface area contributed by atoms with Crippen molar-refractivity contribution in [1.29, 1.82) is 0 Å². The number of rotatable bonds is 10. The van der Waals surface area contributed by atoms with E-state index in [2.05, 4.69) is 10.3 Å². The Bertz CT molecular complexity index is 994. The van der Waals surface area contributed by atoms with Crippen molar-refractivity contribution in [2.75, 3.05) is 26.5 Å². The fourth-order valence-corrected chi connectivity index (χ4v) is 4.44. The van der Waals surface area contributed by atoms with Gasteiger partial charge in [0.15, 0.2) is 11.5 Å². The Hall–Kier alpha value is -2.58. The molecule has 0 bridgehead atoms. The maximum Gasteiger partial charge on any atom is 0.226 e. The Morgan fingerprint density at radius 1 is 1.17 bits per heavy atom. The Balaban J connectivity index is 1.45. The van der Waals surface area contributed by atoms with Crippen LogP contribution in [0.4, 0.5) is 4.39 Å². The molecule has 3 rings (SSSR count). The summed E-state index contributed by atoms with van der Waals surface area (Å²) in [6.45, 7) is 0.532. The molecule has 0 radical (unpaired) electrons. The molecule has 1 amide bonds. The van der Waals surface area contributed by atoms with E-state index >= 15 is 0 Å². The number of hydrogen-bond donors (Lipinski definition) is 1. The number of carbonyl (C=O) groups is 1. The molecule has 0 saturated heterocycles. The van der Waals surface area contributed by atoms with Gasteiger partial charge in [0.1, 0.15) is 10.8 Å². The van der Waals surface area contributed by atoms with Crippen LogP contribution in [-0.4, -0.2) is 37.4 Å². The second kappa shape index (κ2) is 11.0. The lowest BCUT2D eigenvalue weighted by Gasteiger charge is -2.08. The number of carbonyl (C=O) groups excluding carboxylic acids is 1. The van der Waals surface area contributed by atoms with E-state index < -0.39 is 0 Å². The van der Waals surface area contributed by atoms with Gasteiger partial charge < -0.3 is 14.8 Å². The summed E-state index contributed by atoms with van der Waals surface area (Å²) in [5.74, 6) is 2.33. The molecule has 0 atom stereocenters. The molecule has 0 saturated carbocycles. The van der Waals surface area contributed by atoms with Crippen LogP contribution in [0.2, 0.25) is 0 Å². The standard InChI is InChI=1S/C22H23FN2O3S2/c1-27-19-8-7-15(11-20(19)28-2)22-25-17(14-30-22)12-21(26)24-9-10-29-13-16-5-3-4-6-18(16)23/h3-8,11,14H,9-10,12-13H2,1-2H3,(H,24,26). The number of halogens is 1. The average molecular weight is 447 g/mol. The van der Waals surface area contributed by atoms with Crippen LogP contribution in [0, 0.1) is 5.82 Å². The second-order valence-electron chi connectivity index (χ2n) is 6.38. The summed E-state index contributed by atoms with van der Waals surface area (Å²) in [4.78, 5) is 16.7. The van der Waals surface area contributed by atoms with Crippen LogP contribution in [0.5, 0.6) is 11.5 Å². The highest BCUT2D eigenvalue weighted by molar-refractivity contribution is 7.98. The molecule has 0 unspecified atom stereocenters. The van der Waals surface area contributed by atoms with Crippen LogP contribution in [0.15, 0.2) is 47.8 Å². The number of benzene rings is 2. The first-order valence-electron chi connectivity index (χ1n) is 9.35. The van der Waals surface area contributed by atoms with E-state index in [-0.39, 0.29) is 18.1 Å². The molecule has 1 heterocycles. The van der Waals surface area contributed by atoms with E-state index in [0.717, 1.165) is 16.3 Å². The summed E-state index contributed by atoms with van der Waals surface area (Å²) in [7, 11) is 3.18. The van der Waals surface area contributed by atoms with Crippen molar-refractivity contribution in [2.24, 2.45) is 0 Å². The van der Waals surface area contributed by atoms with Crippen molar-refractivity contribution < 1.29 is 18.7 Å². The Morgan fingerprint density at radius 2 is 1.97 bits per heavy atom. The Morgan fingerprint density at radius 3 is 2.73 bits per heavy atom. The number of hydrogen-bond acceptors (Lipinski definition) is 6. The number of ether oxygens (including phenoxy) is 2. The highest BCUT2D eigenvalue weighted by Crippen LogP contribution is 2.33. The van der Waals surface area contributed by atoms with Gasteiger partial charge in [-0.15, -0.1) is 11.3 Å². The van der Waals surface area contributed by atoms with E-state index in [4.69, 9.17) is 9.47 Å². The summed E-state index contributed by atoms with van der Waals surface area (Å²) in [5, 5.41) is 5.60. The van der Waals surface area contributed by atoms with Crippen molar-refractivity contribution in [2.45, 2.75) is 12.2 Å². The number of nitrogens with zero attached hydrogens (tertiary/aromatic N) is 1. The van der Waals surface area contributed by atoms with Gasteiger partial charge in [0.25, 0.3) is 0 Å². The van der Waals surface area contributed by atoms with Gasteiger partial charge in [-0.1, -0.05) is 18.2 Å². The molecule has 158 valence electrons. The maximum absolute atomic E-state index is 13.6. The molecule has 0 spiro atoms. The zero-order chi connectivity index (χ0) is 21.3. The molecule has 0 aliphatic heterocycles. The fourth-order valence-electron chi connectivity index (χ4n) is 2.78. The maximum atomic E-state index is 13.6. The molecule has 5 nitrogen and oxygen atoms in total. The fraction of sp³-hybridized carbons (Fsp3) is 0.273. The van der Waals surface area contributed by atoms with Crippen LogP contribution in [0.3, 0.4) is 0 Å². The third-order valence-corrected chi connectivity index (χ3v) is 6.26.